The third-order valence-corrected chi connectivity index (χ3v) is 6.74. The second kappa shape index (κ2) is 9.34. The van der Waals surface area contributed by atoms with E-state index in [9.17, 15) is 4.79 Å². The Balaban J connectivity index is 1.18. The molecule has 1 aliphatic heterocycles. The van der Waals surface area contributed by atoms with Crippen molar-refractivity contribution in [2.75, 3.05) is 31.6 Å². The van der Waals surface area contributed by atoms with Crippen LogP contribution in [0.4, 0.5) is 5.82 Å². The molecule has 3 aromatic rings. The summed E-state index contributed by atoms with van der Waals surface area (Å²) in [4.78, 5) is 19.7. The summed E-state index contributed by atoms with van der Waals surface area (Å²) in [5, 5.41) is 13.2. The smallest absolute Gasteiger partial charge is 0.225 e. The maximum Gasteiger partial charge on any atom is 0.225 e. The van der Waals surface area contributed by atoms with Crippen LogP contribution in [0.2, 0.25) is 0 Å². The number of aryl methyl sites for hydroxylation is 1. The minimum absolute atomic E-state index is 0.0525. The molecule has 1 N–H and O–H groups in total. The van der Waals surface area contributed by atoms with E-state index < -0.39 is 0 Å². The number of hydrogen-bond donors (Lipinski definition) is 1. The van der Waals surface area contributed by atoms with Gasteiger partial charge in [-0.3, -0.25) is 14.4 Å². The van der Waals surface area contributed by atoms with Gasteiger partial charge in [-0.25, -0.2) is 4.98 Å². The fourth-order valence-electron chi connectivity index (χ4n) is 4.96. The minimum Gasteiger partial charge on any atom is -0.379 e. The minimum atomic E-state index is 0.0525. The zero-order chi connectivity index (χ0) is 21.9. The van der Waals surface area contributed by atoms with Crippen LogP contribution in [0.3, 0.4) is 0 Å². The number of benzene rings is 1. The summed E-state index contributed by atoms with van der Waals surface area (Å²) < 4.78 is 7.16. The molecule has 0 spiro atoms. The van der Waals surface area contributed by atoms with Gasteiger partial charge in [0.25, 0.3) is 0 Å². The van der Waals surface area contributed by atoms with Gasteiger partial charge in [0.15, 0.2) is 0 Å². The van der Waals surface area contributed by atoms with E-state index in [-0.39, 0.29) is 5.91 Å². The lowest BCUT2D eigenvalue weighted by Gasteiger charge is -2.38. The molecule has 0 bridgehead atoms. The molecule has 168 valence electrons. The Morgan fingerprint density at radius 1 is 1.12 bits per heavy atom. The van der Waals surface area contributed by atoms with Crippen LogP contribution < -0.4 is 5.32 Å². The first-order valence-electron chi connectivity index (χ1n) is 11.5. The predicted octanol–water partition coefficient (Wildman–Crippen LogP) is 3.25. The van der Waals surface area contributed by atoms with Gasteiger partial charge in [-0.2, -0.15) is 0 Å². The van der Waals surface area contributed by atoms with Crippen molar-refractivity contribution < 1.29 is 9.53 Å². The molecular formula is C24H30N6O2. The van der Waals surface area contributed by atoms with Crippen molar-refractivity contribution in [3.63, 3.8) is 0 Å². The van der Waals surface area contributed by atoms with Gasteiger partial charge in [0, 0.05) is 49.7 Å². The molecule has 0 atom stereocenters. The topological polar surface area (TPSA) is 85.2 Å². The summed E-state index contributed by atoms with van der Waals surface area (Å²) in [6.07, 6.45) is 8.84. The van der Waals surface area contributed by atoms with Crippen molar-refractivity contribution >= 4 is 22.5 Å². The molecule has 2 aliphatic rings. The Hall–Kier alpha value is -2.84. The number of hydrogen-bond acceptors (Lipinski definition) is 6. The highest BCUT2D eigenvalue weighted by Crippen LogP contribution is 2.30. The summed E-state index contributed by atoms with van der Waals surface area (Å²) in [5.74, 6) is 1.11. The predicted molar refractivity (Wildman–Crippen MR) is 123 cm³/mol. The van der Waals surface area contributed by atoms with Crippen LogP contribution in [-0.2, 0) is 16.6 Å². The van der Waals surface area contributed by atoms with Crippen LogP contribution in [0, 0.1) is 5.92 Å². The number of anilines is 1. The summed E-state index contributed by atoms with van der Waals surface area (Å²) in [5.41, 5.74) is 1.82. The second-order valence-electron chi connectivity index (χ2n) is 8.98. The van der Waals surface area contributed by atoms with E-state index in [4.69, 9.17) is 4.74 Å². The fourth-order valence-corrected chi connectivity index (χ4v) is 4.96. The second-order valence-corrected chi connectivity index (χ2v) is 8.98. The fraction of sp³-hybridized carbons (Fsp3) is 0.500. The molecule has 1 saturated heterocycles. The number of fused-ring (bicyclic) bond motifs is 1. The van der Waals surface area contributed by atoms with Crippen molar-refractivity contribution in [3.8, 4) is 11.3 Å². The number of rotatable bonds is 5. The lowest BCUT2D eigenvalue weighted by molar-refractivity contribution is -0.117. The summed E-state index contributed by atoms with van der Waals surface area (Å²) in [6, 6.07) is 8.68. The van der Waals surface area contributed by atoms with E-state index in [1.807, 2.05) is 31.4 Å². The Bertz CT molecular complexity index is 1080. The van der Waals surface area contributed by atoms with Crippen LogP contribution in [0.25, 0.3) is 22.0 Å². The number of carbonyl (C=O) groups is 1. The highest BCUT2D eigenvalue weighted by Gasteiger charge is 2.28. The number of nitrogens with one attached hydrogen (secondary N) is 1. The maximum atomic E-state index is 12.7. The Morgan fingerprint density at radius 3 is 2.69 bits per heavy atom. The molecule has 1 aromatic carbocycles. The van der Waals surface area contributed by atoms with Crippen molar-refractivity contribution in [2.45, 2.75) is 38.1 Å². The molecule has 5 rings (SSSR count). The van der Waals surface area contributed by atoms with Gasteiger partial charge in [-0.05, 0) is 49.1 Å². The summed E-state index contributed by atoms with van der Waals surface area (Å²) >= 11 is 0. The summed E-state index contributed by atoms with van der Waals surface area (Å²) in [6.45, 7) is 3.78. The molecule has 1 aliphatic carbocycles. The van der Waals surface area contributed by atoms with Crippen molar-refractivity contribution in [1.29, 1.82) is 0 Å². The lowest BCUT2D eigenvalue weighted by Crippen LogP contribution is -2.45. The normalized spacial score (nSPS) is 22.2. The molecule has 8 nitrogen and oxygen atoms in total. The van der Waals surface area contributed by atoms with Crippen LogP contribution >= 0.6 is 0 Å². The number of nitrogens with zero attached hydrogens (tertiary/aromatic N) is 5. The SMILES string of the molecule is Cn1cc(-c2ccc3cnc(NC(=O)CC4CCC(N5CCOCC5)CC4)cc3c2)nn1. The quantitative estimate of drug-likeness (QED) is 0.664. The van der Waals surface area contributed by atoms with Crippen molar-refractivity contribution in [2.24, 2.45) is 13.0 Å². The molecule has 1 saturated carbocycles. The van der Waals surface area contributed by atoms with Gasteiger partial charge >= 0.3 is 0 Å². The van der Waals surface area contributed by atoms with Gasteiger partial charge in [0.1, 0.15) is 11.5 Å². The maximum absolute atomic E-state index is 12.7. The van der Waals surface area contributed by atoms with Gasteiger partial charge in [0.05, 0.1) is 19.4 Å². The molecule has 8 heteroatoms. The first kappa shape index (κ1) is 21.0. The zero-order valence-corrected chi connectivity index (χ0v) is 18.5. The number of amides is 1. The summed E-state index contributed by atoms with van der Waals surface area (Å²) in [7, 11) is 1.85. The first-order chi connectivity index (χ1) is 15.6. The third-order valence-electron chi connectivity index (χ3n) is 6.74. The molecular weight excluding hydrogens is 404 g/mol. The third kappa shape index (κ3) is 4.81. The highest BCUT2D eigenvalue weighted by atomic mass is 16.5. The molecule has 3 heterocycles. The molecule has 0 unspecified atom stereocenters. The van der Waals surface area contributed by atoms with Gasteiger partial charge in [-0.15, -0.1) is 5.10 Å². The lowest BCUT2D eigenvalue weighted by atomic mass is 9.83. The average Bonchev–Trinajstić information content (AvgIpc) is 3.26. The monoisotopic (exact) mass is 434 g/mol. The molecule has 32 heavy (non-hydrogen) atoms. The van der Waals surface area contributed by atoms with Gasteiger partial charge in [-0.1, -0.05) is 17.3 Å². The largest absolute Gasteiger partial charge is 0.379 e. The van der Waals surface area contributed by atoms with E-state index in [1.165, 1.54) is 12.8 Å². The molecule has 0 radical (unpaired) electrons. The van der Waals surface area contributed by atoms with E-state index in [2.05, 4.69) is 31.6 Å². The zero-order valence-electron chi connectivity index (χ0n) is 18.5. The number of pyridine rings is 1. The van der Waals surface area contributed by atoms with Crippen LogP contribution in [0.15, 0.2) is 36.7 Å². The number of ether oxygens (including phenoxy) is 1. The van der Waals surface area contributed by atoms with Crippen molar-refractivity contribution in [3.05, 3.63) is 36.7 Å². The van der Waals surface area contributed by atoms with Crippen molar-refractivity contribution in [1.82, 2.24) is 24.9 Å². The van der Waals surface area contributed by atoms with Crippen LogP contribution in [-0.4, -0.2) is 63.1 Å². The van der Waals surface area contributed by atoms with E-state index in [0.29, 0.717) is 24.2 Å². The number of carbonyl (C=O) groups excluding carboxylic acids is 1. The Kier molecular flexibility index (Phi) is 6.14. The Morgan fingerprint density at radius 2 is 1.94 bits per heavy atom. The van der Waals surface area contributed by atoms with E-state index in [0.717, 1.165) is 61.2 Å². The first-order valence-corrected chi connectivity index (χ1v) is 11.5. The number of aromatic nitrogens is 4. The molecule has 2 fully saturated rings. The van der Waals surface area contributed by atoms with E-state index in [1.54, 1.807) is 10.9 Å². The number of morpholine rings is 1. The standard InChI is InChI=1S/C24H30N6O2/c1-29-16-22(27-28-29)18-4-5-19-15-25-23(14-20(19)13-18)26-24(31)12-17-2-6-21(7-3-17)30-8-10-32-11-9-30/h4-5,13-17,21H,2-3,6-12H2,1H3,(H,25,26,31). The van der Waals surface area contributed by atoms with Crippen LogP contribution in [0.5, 0.6) is 0 Å². The molecule has 2 aromatic heterocycles. The Labute approximate surface area is 188 Å². The average molecular weight is 435 g/mol. The van der Waals surface area contributed by atoms with Crippen LogP contribution in [0.1, 0.15) is 32.1 Å². The van der Waals surface area contributed by atoms with E-state index >= 15 is 0 Å². The van der Waals surface area contributed by atoms with Gasteiger partial charge < -0.3 is 10.1 Å². The highest BCUT2D eigenvalue weighted by molar-refractivity contribution is 5.93. The molecule has 1 amide bonds. The van der Waals surface area contributed by atoms with Gasteiger partial charge in [0.2, 0.25) is 5.91 Å².